The molecule has 1 aromatic rings. The lowest BCUT2D eigenvalue weighted by atomic mass is 9.98. The summed E-state index contributed by atoms with van der Waals surface area (Å²) in [5.41, 5.74) is 1.33. The van der Waals surface area contributed by atoms with Crippen LogP contribution in [0.5, 0.6) is 0 Å². The average molecular weight is 240 g/mol. The average Bonchev–Trinajstić information content (AvgIpc) is 2.65. The van der Waals surface area contributed by atoms with Crippen LogP contribution in [-0.2, 0) is 11.2 Å². The Morgan fingerprint density at radius 2 is 2.44 bits per heavy atom. The van der Waals surface area contributed by atoms with Crippen molar-refractivity contribution >= 4 is 11.3 Å². The summed E-state index contributed by atoms with van der Waals surface area (Å²) in [6.45, 7) is 3.98. The standard InChI is InChI=1S/C12H20N2OS/c1-9-14-11-6-3-5-10(12(11)16-9)13-7-4-8-15-2/h10,13H,3-8H2,1-2H3. The molecular formula is C12H20N2OS. The topological polar surface area (TPSA) is 34.1 Å². The van der Waals surface area contributed by atoms with E-state index in [0.29, 0.717) is 6.04 Å². The van der Waals surface area contributed by atoms with Crippen molar-refractivity contribution in [1.82, 2.24) is 10.3 Å². The van der Waals surface area contributed by atoms with E-state index < -0.39 is 0 Å². The highest BCUT2D eigenvalue weighted by atomic mass is 32.1. The molecule has 0 saturated heterocycles. The Labute approximate surface area is 101 Å². The Morgan fingerprint density at radius 3 is 3.25 bits per heavy atom. The molecule has 1 aliphatic rings. The summed E-state index contributed by atoms with van der Waals surface area (Å²) in [4.78, 5) is 6.07. The zero-order valence-corrected chi connectivity index (χ0v) is 10.9. The second-order valence-electron chi connectivity index (χ2n) is 4.29. The normalized spacial score (nSPS) is 19.8. The molecule has 90 valence electrons. The maximum absolute atomic E-state index is 5.06. The molecule has 1 heterocycles. The van der Waals surface area contributed by atoms with Gasteiger partial charge in [0.2, 0.25) is 0 Å². The molecule has 2 rings (SSSR count). The van der Waals surface area contributed by atoms with E-state index in [9.17, 15) is 0 Å². The summed E-state index contributed by atoms with van der Waals surface area (Å²) in [6.07, 6.45) is 4.76. The lowest BCUT2D eigenvalue weighted by Crippen LogP contribution is -2.25. The number of ether oxygens (including phenoxy) is 1. The summed E-state index contributed by atoms with van der Waals surface area (Å²) in [5.74, 6) is 0. The van der Waals surface area contributed by atoms with Gasteiger partial charge in [0, 0.05) is 24.6 Å². The summed E-state index contributed by atoms with van der Waals surface area (Å²) in [7, 11) is 1.76. The fourth-order valence-electron chi connectivity index (χ4n) is 2.23. The van der Waals surface area contributed by atoms with Gasteiger partial charge in [-0.25, -0.2) is 4.98 Å². The van der Waals surface area contributed by atoms with Crippen LogP contribution in [-0.4, -0.2) is 25.2 Å². The quantitative estimate of drug-likeness (QED) is 0.803. The summed E-state index contributed by atoms with van der Waals surface area (Å²) >= 11 is 1.86. The Balaban J connectivity index is 1.91. The lowest BCUT2D eigenvalue weighted by Gasteiger charge is -2.22. The van der Waals surface area contributed by atoms with Crippen molar-refractivity contribution < 1.29 is 4.74 Å². The fraction of sp³-hybridized carbons (Fsp3) is 0.750. The molecule has 16 heavy (non-hydrogen) atoms. The summed E-state index contributed by atoms with van der Waals surface area (Å²) in [6, 6.07) is 0.534. The van der Waals surface area contributed by atoms with E-state index in [1.54, 1.807) is 7.11 Å². The molecule has 1 atom stereocenters. The van der Waals surface area contributed by atoms with Gasteiger partial charge in [-0.3, -0.25) is 0 Å². The molecule has 0 saturated carbocycles. The van der Waals surface area contributed by atoms with Crippen molar-refractivity contribution in [3.05, 3.63) is 15.6 Å². The van der Waals surface area contributed by atoms with E-state index >= 15 is 0 Å². The van der Waals surface area contributed by atoms with E-state index in [1.807, 2.05) is 11.3 Å². The van der Waals surface area contributed by atoms with Crippen molar-refractivity contribution in [3.63, 3.8) is 0 Å². The minimum atomic E-state index is 0.534. The van der Waals surface area contributed by atoms with Crippen LogP contribution in [0.25, 0.3) is 0 Å². The van der Waals surface area contributed by atoms with E-state index in [1.165, 1.54) is 28.4 Å². The van der Waals surface area contributed by atoms with Crippen LogP contribution in [0, 0.1) is 6.92 Å². The van der Waals surface area contributed by atoms with Gasteiger partial charge in [-0.05, 0) is 39.2 Å². The van der Waals surface area contributed by atoms with Crippen molar-refractivity contribution in [1.29, 1.82) is 0 Å². The highest BCUT2D eigenvalue weighted by molar-refractivity contribution is 7.11. The van der Waals surface area contributed by atoms with Crippen LogP contribution >= 0.6 is 11.3 Å². The minimum Gasteiger partial charge on any atom is -0.385 e. The number of thiazole rings is 1. The first-order chi connectivity index (χ1) is 7.81. The van der Waals surface area contributed by atoms with Crippen molar-refractivity contribution in [2.45, 2.75) is 38.6 Å². The number of nitrogens with one attached hydrogen (secondary N) is 1. The van der Waals surface area contributed by atoms with Crippen LogP contribution in [0.1, 0.15) is 40.9 Å². The van der Waals surface area contributed by atoms with Gasteiger partial charge in [0.05, 0.1) is 10.7 Å². The number of hydrogen-bond acceptors (Lipinski definition) is 4. The van der Waals surface area contributed by atoms with Gasteiger partial charge >= 0.3 is 0 Å². The zero-order chi connectivity index (χ0) is 11.4. The molecule has 0 bridgehead atoms. The highest BCUT2D eigenvalue weighted by Gasteiger charge is 2.22. The maximum atomic E-state index is 5.06. The molecule has 4 heteroatoms. The third kappa shape index (κ3) is 2.81. The first-order valence-electron chi connectivity index (χ1n) is 6.00. The molecule has 3 nitrogen and oxygen atoms in total. The summed E-state index contributed by atoms with van der Waals surface area (Å²) < 4.78 is 5.06. The molecular weight excluding hydrogens is 220 g/mol. The van der Waals surface area contributed by atoms with Gasteiger partial charge in [0.25, 0.3) is 0 Å². The number of hydrogen-bond donors (Lipinski definition) is 1. The molecule has 0 amide bonds. The number of methoxy groups -OCH3 is 1. The van der Waals surface area contributed by atoms with Crippen LogP contribution in [0.3, 0.4) is 0 Å². The molecule has 0 radical (unpaired) electrons. The van der Waals surface area contributed by atoms with E-state index in [4.69, 9.17) is 4.74 Å². The predicted octanol–water partition coefficient (Wildman–Crippen LogP) is 2.46. The Kier molecular flexibility index (Phi) is 4.32. The smallest absolute Gasteiger partial charge is 0.0900 e. The number of aromatic nitrogens is 1. The highest BCUT2D eigenvalue weighted by Crippen LogP contribution is 2.33. The van der Waals surface area contributed by atoms with Crippen LogP contribution in [0.15, 0.2) is 0 Å². The molecule has 0 aromatic carbocycles. The first kappa shape index (κ1) is 12.0. The van der Waals surface area contributed by atoms with E-state index in [-0.39, 0.29) is 0 Å². The van der Waals surface area contributed by atoms with Crippen molar-refractivity contribution in [3.8, 4) is 0 Å². The zero-order valence-electron chi connectivity index (χ0n) is 10.1. The van der Waals surface area contributed by atoms with E-state index in [2.05, 4.69) is 17.2 Å². The maximum Gasteiger partial charge on any atom is 0.0900 e. The second kappa shape index (κ2) is 5.75. The van der Waals surface area contributed by atoms with Gasteiger partial charge in [0.15, 0.2) is 0 Å². The largest absolute Gasteiger partial charge is 0.385 e. The Morgan fingerprint density at radius 1 is 1.56 bits per heavy atom. The number of fused-ring (bicyclic) bond motifs is 1. The van der Waals surface area contributed by atoms with Crippen LogP contribution in [0.4, 0.5) is 0 Å². The Hall–Kier alpha value is -0.450. The number of rotatable bonds is 5. The Bertz CT molecular complexity index is 338. The molecule has 0 spiro atoms. The minimum absolute atomic E-state index is 0.534. The van der Waals surface area contributed by atoms with E-state index in [0.717, 1.165) is 26.0 Å². The molecule has 0 fully saturated rings. The fourth-order valence-corrected chi connectivity index (χ4v) is 3.31. The van der Waals surface area contributed by atoms with Gasteiger partial charge in [0.1, 0.15) is 0 Å². The van der Waals surface area contributed by atoms with Crippen LogP contribution in [0.2, 0.25) is 0 Å². The molecule has 1 aromatic heterocycles. The van der Waals surface area contributed by atoms with Crippen molar-refractivity contribution in [2.75, 3.05) is 20.3 Å². The number of nitrogens with zero attached hydrogens (tertiary/aromatic N) is 1. The third-order valence-electron chi connectivity index (χ3n) is 2.97. The van der Waals surface area contributed by atoms with Gasteiger partial charge < -0.3 is 10.1 Å². The summed E-state index contributed by atoms with van der Waals surface area (Å²) in [5, 5.41) is 4.82. The van der Waals surface area contributed by atoms with Gasteiger partial charge in [-0.1, -0.05) is 0 Å². The third-order valence-corrected chi connectivity index (χ3v) is 4.10. The number of aryl methyl sites for hydroxylation is 2. The second-order valence-corrected chi connectivity index (χ2v) is 5.52. The van der Waals surface area contributed by atoms with Gasteiger partial charge in [-0.2, -0.15) is 0 Å². The lowest BCUT2D eigenvalue weighted by molar-refractivity contribution is 0.193. The first-order valence-corrected chi connectivity index (χ1v) is 6.81. The molecule has 1 aliphatic carbocycles. The van der Waals surface area contributed by atoms with Crippen molar-refractivity contribution in [2.24, 2.45) is 0 Å². The van der Waals surface area contributed by atoms with Crippen LogP contribution < -0.4 is 5.32 Å². The molecule has 0 aliphatic heterocycles. The SMILES string of the molecule is COCCCNC1CCCc2nc(C)sc21. The predicted molar refractivity (Wildman–Crippen MR) is 67.0 cm³/mol. The molecule has 1 N–H and O–H groups in total. The molecule has 1 unspecified atom stereocenters. The van der Waals surface area contributed by atoms with Gasteiger partial charge in [-0.15, -0.1) is 11.3 Å². The monoisotopic (exact) mass is 240 g/mol.